The summed E-state index contributed by atoms with van der Waals surface area (Å²) in [4.78, 5) is 37.5. The summed E-state index contributed by atoms with van der Waals surface area (Å²) >= 11 is 1.39. The fraction of sp³-hybridized carbons (Fsp3) is 0.167. The highest BCUT2D eigenvalue weighted by atomic mass is 32.2. The minimum absolute atomic E-state index is 0.141. The third kappa shape index (κ3) is 4.47. The largest absolute Gasteiger partial charge is 0.452 e. The molecule has 1 aliphatic rings. The van der Waals surface area contributed by atoms with Crippen molar-refractivity contribution in [2.45, 2.75) is 18.7 Å². The Morgan fingerprint density at radius 1 is 1.21 bits per heavy atom. The van der Waals surface area contributed by atoms with Crippen LogP contribution in [0.4, 0.5) is 11.5 Å². The summed E-state index contributed by atoms with van der Waals surface area (Å²) < 4.78 is 6.96. The Labute approximate surface area is 194 Å². The summed E-state index contributed by atoms with van der Waals surface area (Å²) in [5, 5.41) is 15.1. The van der Waals surface area contributed by atoms with Gasteiger partial charge in [0.05, 0.1) is 22.6 Å². The number of esters is 1. The molecule has 166 valence electrons. The minimum atomic E-state index is -0.691. The molecule has 3 aromatic rings. The van der Waals surface area contributed by atoms with Crippen molar-refractivity contribution in [2.24, 2.45) is 0 Å². The van der Waals surface area contributed by atoms with E-state index in [1.165, 1.54) is 17.8 Å². The van der Waals surface area contributed by atoms with Gasteiger partial charge in [0, 0.05) is 16.3 Å². The molecular formula is C24H20N4O4S. The van der Waals surface area contributed by atoms with Crippen LogP contribution in [0, 0.1) is 25.2 Å². The van der Waals surface area contributed by atoms with E-state index < -0.39 is 18.5 Å². The average Bonchev–Trinajstić information content (AvgIpc) is 3.06. The first kappa shape index (κ1) is 22.2. The molecule has 4 rings (SSSR count). The normalized spacial score (nSPS) is 12.3. The molecule has 0 aliphatic carbocycles. The van der Waals surface area contributed by atoms with E-state index in [1.807, 2.05) is 44.2 Å². The molecule has 0 saturated carbocycles. The molecular weight excluding hydrogens is 440 g/mol. The van der Waals surface area contributed by atoms with Gasteiger partial charge in [-0.15, -0.1) is 11.8 Å². The maximum Gasteiger partial charge on any atom is 0.338 e. The highest BCUT2D eigenvalue weighted by Gasteiger charge is 2.22. The lowest BCUT2D eigenvalue weighted by atomic mass is 10.2. The van der Waals surface area contributed by atoms with Crippen LogP contribution in [0.1, 0.15) is 27.2 Å². The molecule has 9 heteroatoms. The van der Waals surface area contributed by atoms with Gasteiger partial charge in [0.15, 0.2) is 6.61 Å². The van der Waals surface area contributed by atoms with Crippen LogP contribution in [-0.4, -0.2) is 34.7 Å². The quantitative estimate of drug-likeness (QED) is 0.560. The minimum Gasteiger partial charge on any atom is -0.452 e. The Kier molecular flexibility index (Phi) is 6.20. The molecule has 33 heavy (non-hydrogen) atoms. The van der Waals surface area contributed by atoms with Gasteiger partial charge >= 0.3 is 5.97 Å². The molecule has 0 fully saturated rings. The van der Waals surface area contributed by atoms with Crippen molar-refractivity contribution in [1.29, 1.82) is 5.26 Å². The number of para-hydroxylation sites is 1. The van der Waals surface area contributed by atoms with Crippen molar-refractivity contribution in [1.82, 2.24) is 4.57 Å². The Hall–Kier alpha value is -4.03. The topological polar surface area (TPSA) is 113 Å². The zero-order chi connectivity index (χ0) is 23.5. The number of thioether (sulfide) groups is 1. The summed E-state index contributed by atoms with van der Waals surface area (Å²) in [6, 6.07) is 16.3. The zero-order valence-electron chi connectivity index (χ0n) is 18.0. The van der Waals surface area contributed by atoms with Crippen molar-refractivity contribution in [2.75, 3.05) is 23.0 Å². The number of carbonyl (C=O) groups is 3. The lowest BCUT2D eigenvalue weighted by Crippen LogP contribution is -2.23. The third-order valence-corrected chi connectivity index (χ3v) is 6.35. The number of nitrogens with one attached hydrogen (secondary N) is 2. The molecule has 0 bridgehead atoms. The Bertz CT molecular complexity index is 1310. The first-order valence-electron chi connectivity index (χ1n) is 10.1. The van der Waals surface area contributed by atoms with Crippen LogP contribution < -0.4 is 10.6 Å². The van der Waals surface area contributed by atoms with Gasteiger partial charge in [-0.2, -0.15) is 5.26 Å². The highest BCUT2D eigenvalue weighted by molar-refractivity contribution is 8.00. The lowest BCUT2D eigenvalue weighted by Gasteiger charge is -2.16. The van der Waals surface area contributed by atoms with Crippen molar-refractivity contribution in [3.05, 3.63) is 70.9 Å². The monoisotopic (exact) mass is 460 g/mol. The highest BCUT2D eigenvalue weighted by Crippen LogP contribution is 2.32. The summed E-state index contributed by atoms with van der Waals surface area (Å²) in [7, 11) is 0. The van der Waals surface area contributed by atoms with Gasteiger partial charge in [-0.25, -0.2) is 4.79 Å². The smallest absolute Gasteiger partial charge is 0.338 e. The maximum absolute atomic E-state index is 12.6. The van der Waals surface area contributed by atoms with Gasteiger partial charge in [0.1, 0.15) is 11.9 Å². The van der Waals surface area contributed by atoms with Crippen LogP contribution in [-0.2, 0) is 14.3 Å². The molecule has 2 heterocycles. The van der Waals surface area contributed by atoms with E-state index in [4.69, 9.17) is 4.74 Å². The second-order valence-electron chi connectivity index (χ2n) is 7.39. The van der Waals surface area contributed by atoms with Gasteiger partial charge in [-0.1, -0.05) is 18.2 Å². The number of hydrogen-bond acceptors (Lipinski definition) is 6. The Morgan fingerprint density at radius 3 is 2.70 bits per heavy atom. The Balaban J connectivity index is 1.49. The second-order valence-corrected chi connectivity index (χ2v) is 8.41. The van der Waals surface area contributed by atoms with Crippen molar-refractivity contribution in [3.8, 4) is 11.8 Å². The van der Waals surface area contributed by atoms with Gasteiger partial charge < -0.3 is 15.4 Å². The first-order valence-corrected chi connectivity index (χ1v) is 11.1. The predicted octanol–water partition coefficient (Wildman–Crippen LogP) is 3.81. The first-order chi connectivity index (χ1) is 15.9. The van der Waals surface area contributed by atoms with Crippen LogP contribution in [0.5, 0.6) is 0 Å². The van der Waals surface area contributed by atoms with Gasteiger partial charge in [0.2, 0.25) is 5.91 Å². The fourth-order valence-corrected chi connectivity index (χ4v) is 4.34. The van der Waals surface area contributed by atoms with E-state index in [9.17, 15) is 19.6 Å². The molecule has 0 atom stereocenters. The molecule has 1 aliphatic heterocycles. The zero-order valence-corrected chi connectivity index (χ0v) is 18.8. The molecule has 2 amide bonds. The van der Waals surface area contributed by atoms with Gasteiger partial charge in [-0.3, -0.25) is 14.2 Å². The maximum atomic E-state index is 12.6. The van der Waals surface area contributed by atoms with Crippen LogP contribution >= 0.6 is 11.8 Å². The van der Waals surface area contributed by atoms with E-state index in [1.54, 1.807) is 16.7 Å². The van der Waals surface area contributed by atoms with E-state index in [0.717, 1.165) is 21.8 Å². The van der Waals surface area contributed by atoms with E-state index >= 15 is 0 Å². The number of nitrogens with zero attached hydrogens (tertiary/aromatic N) is 2. The SMILES string of the molecule is Cc1c(C#N)c(NC(=O)COC(=O)c2ccc3c(c2)NC(=O)CS3)n(-c2ccccc2)c1C. The summed E-state index contributed by atoms with van der Waals surface area (Å²) in [5.74, 6) is -0.753. The van der Waals surface area contributed by atoms with Crippen LogP contribution in [0.2, 0.25) is 0 Å². The number of benzene rings is 2. The molecule has 2 aromatic carbocycles. The second kappa shape index (κ2) is 9.22. The molecule has 8 nitrogen and oxygen atoms in total. The number of fused-ring (bicyclic) bond motifs is 1. The van der Waals surface area contributed by atoms with E-state index in [2.05, 4.69) is 16.7 Å². The molecule has 1 aromatic heterocycles. The molecule has 0 unspecified atom stereocenters. The number of amides is 2. The summed E-state index contributed by atoms with van der Waals surface area (Å²) in [6.07, 6.45) is 0. The van der Waals surface area contributed by atoms with Gasteiger partial charge in [0.25, 0.3) is 5.91 Å². The molecule has 0 radical (unpaired) electrons. The average molecular weight is 461 g/mol. The van der Waals surface area contributed by atoms with Crippen LogP contribution in [0.25, 0.3) is 5.69 Å². The Morgan fingerprint density at radius 2 is 1.97 bits per heavy atom. The lowest BCUT2D eigenvalue weighted by molar-refractivity contribution is -0.119. The number of nitriles is 1. The van der Waals surface area contributed by atoms with Crippen molar-refractivity contribution < 1.29 is 19.1 Å². The van der Waals surface area contributed by atoms with Crippen molar-refractivity contribution in [3.63, 3.8) is 0 Å². The number of ether oxygens (including phenoxy) is 1. The molecule has 0 saturated heterocycles. The third-order valence-electron chi connectivity index (χ3n) is 5.28. The number of rotatable bonds is 5. The number of carbonyl (C=O) groups excluding carboxylic acids is 3. The summed E-state index contributed by atoms with van der Waals surface area (Å²) in [6.45, 7) is 3.15. The fourth-order valence-electron chi connectivity index (χ4n) is 3.55. The summed E-state index contributed by atoms with van der Waals surface area (Å²) in [5.41, 5.74) is 3.48. The van der Waals surface area contributed by atoms with Gasteiger partial charge in [-0.05, 0) is 49.7 Å². The van der Waals surface area contributed by atoms with Crippen molar-refractivity contribution >= 4 is 41.1 Å². The molecule has 0 spiro atoms. The number of anilines is 2. The van der Waals surface area contributed by atoms with Crippen LogP contribution in [0.15, 0.2) is 53.4 Å². The number of aromatic nitrogens is 1. The van der Waals surface area contributed by atoms with E-state index in [0.29, 0.717) is 22.8 Å². The predicted molar refractivity (Wildman–Crippen MR) is 125 cm³/mol. The van der Waals surface area contributed by atoms with E-state index in [-0.39, 0.29) is 11.5 Å². The van der Waals surface area contributed by atoms with Crippen LogP contribution in [0.3, 0.4) is 0 Å². The standard InChI is InChI=1S/C24H20N4O4S/c1-14-15(2)28(17-6-4-3-5-7-17)23(18(14)11-25)27-21(29)12-32-24(31)16-8-9-20-19(10-16)26-22(30)13-33-20/h3-10H,12-13H2,1-2H3,(H,26,30)(H,27,29). The number of hydrogen-bond donors (Lipinski definition) is 2. The molecule has 2 N–H and O–H groups in total.